The van der Waals surface area contributed by atoms with Crippen molar-refractivity contribution in [2.24, 2.45) is 21.7 Å². The SMILES string of the molecule is CC(=O)N1C(c2ccccc2)C2(C(=O)OC(C)(C)C)C(C(C)(C)C)=C(C(C)(C)C)C12C(C)(C)C. The number of hydrogen-bond donors (Lipinski definition) is 0. The minimum absolute atomic E-state index is 0.0160. The highest BCUT2D eigenvalue weighted by molar-refractivity contribution is 5.97. The zero-order valence-electron chi connectivity index (χ0n) is 23.6. The van der Waals surface area contributed by atoms with Crippen molar-refractivity contribution >= 4 is 11.9 Å². The molecule has 0 saturated carbocycles. The van der Waals surface area contributed by atoms with Gasteiger partial charge in [-0.3, -0.25) is 9.59 Å². The molecule has 1 amide bonds. The Morgan fingerprint density at radius 3 is 1.62 bits per heavy atom. The quantitative estimate of drug-likeness (QED) is 0.344. The van der Waals surface area contributed by atoms with Crippen LogP contribution in [0.2, 0.25) is 0 Å². The standard InChI is InChI=1S/C30H45NO3/c1-19(32)31-23(20-17-15-14-16-18-20)29(24(33)34-28(11,12)13)21(25(2,3)4)22(26(5,6)7)30(29,31)27(8,9)10/h14-18,23H,1-13H3. The molecule has 4 nitrogen and oxygen atoms in total. The molecule has 1 aromatic rings. The van der Waals surface area contributed by atoms with Crippen LogP contribution in [0.5, 0.6) is 0 Å². The summed E-state index contributed by atoms with van der Waals surface area (Å²) in [5.74, 6) is -0.239. The monoisotopic (exact) mass is 467 g/mol. The average Bonchev–Trinajstić information content (AvgIpc) is 2.57. The number of nitrogens with zero attached hydrogens (tertiary/aromatic N) is 1. The van der Waals surface area contributed by atoms with Crippen LogP contribution in [0.4, 0.5) is 0 Å². The van der Waals surface area contributed by atoms with Crippen LogP contribution in [0, 0.1) is 21.7 Å². The van der Waals surface area contributed by atoms with Crippen LogP contribution >= 0.6 is 0 Å². The van der Waals surface area contributed by atoms with Gasteiger partial charge in [-0.25, -0.2) is 0 Å². The fourth-order valence-electron chi connectivity index (χ4n) is 7.04. The molecule has 34 heavy (non-hydrogen) atoms. The summed E-state index contributed by atoms with van der Waals surface area (Å²) in [6.45, 7) is 27.0. The lowest BCUT2D eigenvalue weighted by Gasteiger charge is -2.83. The predicted molar refractivity (Wildman–Crippen MR) is 138 cm³/mol. The third-order valence-electron chi connectivity index (χ3n) is 7.37. The number of likely N-dealkylation sites (tertiary alicyclic amines) is 1. The molecular formula is C30H45NO3. The second kappa shape index (κ2) is 7.45. The maximum absolute atomic E-state index is 14.6. The van der Waals surface area contributed by atoms with E-state index in [1.807, 2.05) is 56.0 Å². The third kappa shape index (κ3) is 3.31. The highest BCUT2D eigenvalue weighted by Crippen LogP contribution is 2.83. The van der Waals surface area contributed by atoms with Gasteiger partial charge in [0.1, 0.15) is 11.0 Å². The van der Waals surface area contributed by atoms with Crippen molar-refractivity contribution in [3.8, 4) is 0 Å². The van der Waals surface area contributed by atoms with Gasteiger partial charge in [0.25, 0.3) is 0 Å². The molecule has 3 unspecified atom stereocenters. The van der Waals surface area contributed by atoms with Gasteiger partial charge in [-0.2, -0.15) is 0 Å². The minimum atomic E-state index is -0.966. The molecule has 2 aliphatic rings. The predicted octanol–water partition coefficient (Wildman–Crippen LogP) is 7.11. The summed E-state index contributed by atoms with van der Waals surface area (Å²) in [6.07, 6.45) is 0. The molecule has 0 N–H and O–H groups in total. The van der Waals surface area contributed by atoms with Crippen LogP contribution in [0.25, 0.3) is 0 Å². The lowest BCUT2D eigenvalue weighted by atomic mass is 9.29. The van der Waals surface area contributed by atoms with E-state index in [-0.39, 0.29) is 22.7 Å². The molecule has 1 aliphatic carbocycles. The maximum Gasteiger partial charge on any atom is 0.322 e. The number of ether oxygens (including phenoxy) is 1. The first-order valence-corrected chi connectivity index (χ1v) is 12.5. The van der Waals surface area contributed by atoms with Crippen LogP contribution in [0.1, 0.15) is 102 Å². The molecule has 0 aromatic heterocycles. The summed E-state index contributed by atoms with van der Waals surface area (Å²) in [7, 11) is 0. The van der Waals surface area contributed by atoms with E-state index in [9.17, 15) is 9.59 Å². The van der Waals surface area contributed by atoms with Crippen molar-refractivity contribution in [1.82, 2.24) is 4.90 Å². The zero-order chi connectivity index (χ0) is 26.3. The highest BCUT2D eigenvalue weighted by atomic mass is 16.6. The van der Waals surface area contributed by atoms with E-state index in [0.717, 1.165) is 11.1 Å². The Hall–Kier alpha value is -2.10. The van der Waals surface area contributed by atoms with Crippen LogP contribution in [0.15, 0.2) is 41.5 Å². The molecule has 1 saturated heterocycles. The van der Waals surface area contributed by atoms with E-state index in [4.69, 9.17) is 4.74 Å². The zero-order valence-corrected chi connectivity index (χ0v) is 23.6. The van der Waals surface area contributed by atoms with E-state index in [2.05, 4.69) is 62.3 Å². The second-order valence-electron chi connectivity index (χ2n) is 14.2. The molecule has 1 fully saturated rings. The smallest absolute Gasteiger partial charge is 0.322 e. The molecule has 0 spiro atoms. The average molecular weight is 468 g/mol. The third-order valence-corrected chi connectivity index (χ3v) is 7.37. The number of carbonyl (C=O) groups is 2. The Kier molecular flexibility index (Phi) is 5.81. The molecule has 0 bridgehead atoms. The first-order chi connectivity index (χ1) is 15.2. The molecule has 1 heterocycles. The van der Waals surface area contributed by atoms with Gasteiger partial charge >= 0.3 is 5.97 Å². The minimum Gasteiger partial charge on any atom is -0.459 e. The number of esters is 1. The molecule has 0 radical (unpaired) electrons. The van der Waals surface area contributed by atoms with Gasteiger partial charge in [0.05, 0.1) is 11.6 Å². The fraction of sp³-hybridized carbons (Fsp3) is 0.667. The van der Waals surface area contributed by atoms with Crippen molar-refractivity contribution in [2.45, 2.75) is 107 Å². The van der Waals surface area contributed by atoms with Gasteiger partial charge < -0.3 is 9.64 Å². The van der Waals surface area contributed by atoms with E-state index in [1.54, 1.807) is 6.92 Å². The summed E-state index contributed by atoms with van der Waals surface area (Å²) >= 11 is 0. The van der Waals surface area contributed by atoms with Crippen molar-refractivity contribution in [1.29, 1.82) is 0 Å². The molecule has 4 heteroatoms. The summed E-state index contributed by atoms with van der Waals surface area (Å²) < 4.78 is 6.24. The normalized spacial score (nSPS) is 27.6. The molecule has 1 aliphatic heterocycles. The number of rotatable bonds is 2. The van der Waals surface area contributed by atoms with Gasteiger partial charge in [0, 0.05) is 6.92 Å². The fourth-order valence-corrected chi connectivity index (χ4v) is 7.04. The van der Waals surface area contributed by atoms with E-state index in [1.165, 1.54) is 5.57 Å². The molecule has 1 aromatic carbocycles. The van der Waals surface area contributed by atoms with Gasteiger partial charge in [-0.05, 0) is 53.7 Å². The first kappa shape index (κ1) is 26.5. The van der Waals surface area contributed by atoms with Crippen LogP contribution in [-0.4, -0.2) is 27.9 Å². The molecule has 3 atom stereocenters. The van der Waals surface area contributed by atoms with Crippen LogP contribution in [0.3, 0.4) is 0 Å². The summed E-state index contributed by atoms with van der Waals surface area (Å²) in [5.41, 5.74) is -0.0241. The number of carbonyl (C=O) groups excluding carboxylic acids is 2. The Balaban J connectivity index is 2.56. The number of benzene rings is 1. The Bertz CT molecular complexity index is 1020. The van der Waals surface area contributed by atoms with Crippen molar-refractivity contribution in [2.75, 3.05) is 0 Å². The number of fused-ring (bicyclic) bond motifs is 1. The summed E-state index contributed by atoms with van der Waals surface area (Å²) in [5, 5.41) is 0. The summed E-state index contributed by atoms with van der Waals surface area (Å²) in [4.78, 5) is 30.0. The van der Waals surface area contributed by atoms with Crippen molar-refractivity contribution in [3.05, 3.63) is 47.0 Å². The molecular weight excluding hydrogens is 422 g/mol. The Morgan fingerprint density at radius 1 is 0.794 bits per heavy atom. The van der Waals surface area contributed by atoms with Gasteiger partial charge in [0.15, 0.2) is 0 Å². The van der Waals surface area contributed by atoms with Crippen molar-refractivity contribution in [3.63, 3.8) is 0 Å². The number of amides is 1. The lowest BCUT2D eigenvalue weighted by molar-refractivity contribution is -0.263. The van der Waals surface area contributed by atoms with Gasteiger partial charge in [-0.15, -0.1) is 0 Å². The Morgan fingerprint density at radius 2 is 1.26 bits per heavy atom. The first-order valence-electron chi connectivity index (χ1n) is 12.5. The van der Waals surface area contributed by atoms with Gasteiger partial charge in [-0.1, -0.05) is 92.6 Å². The van der Waals surface area contributed by atoms with Gasteiger partial charge in [0.2, 0.25) is 5.91 Å². The summed E-state index contributed by atoms with van der Waals surface area (Å²) in [6, 6.07) is 9.60. The largest absolute Gasteiger partial charge is 0.459 e. The molecule has 3 rings (SSSR count). The van der Waals surface area contributed by atoms with E-state index >= 15 is 0 Å². The number of hydrogen-bond acceptors (Lipinski definition) is 3. The van der Waals surface area contributed by atoms with E-state index in [0.29, 0.717) is 0 Å². The second-order valence-corrected chi connectivity index (χ2v) is 14.2. The van der Waals surface area contributed by atoms with Crippen LogP contribution in [-0.2, 0) is 14.3 Å². The lowest BCUT2D eigenvalue weighted by Crippen LogP contribution is -2.90. The van der Waals surface area contributed by atoms with Crippen LogP contribution < -0.4 is 0 Å². The molecule has 188 valence electrons. The highest BCUT2D eigenvalue weighted by Gasteiger charge is 2.89. The van der Waals surface area contributed by atoms with Crippen molar-refractivity contribution < 1.29 is 14.3 Å². The van der Waals surface area contributed by atoms with E-state index < -0.39 is 28.0 Å². The maximum atomic E-state index is 14.6. The Labute approximate surface area is 207 Å². The topological polar surface area (TPSA) is 46.6 Å².